The van der Waals surface area contributed by atoms with E-state index in [4.69, 9.17) is 33.4 Å². The first-order valence-corrected chi connectivity index (χ1v) is 7.36. The first kappa shape index (κ1) is 15.3. The summed E-state index contributed by atoms with van der Waals surface area (Å²) >= 11 is 13.3. The maximum atomic E-state index is 11.1. The summed E-state index contributed by atoms with van der Waals surface area (Å²) in [7, 11) is 0. The fourth-order valence-corrected chi connectivity index (χ4v) is 3.82. The van der Waals surface area contributed by atoms with Gasteiger partial charge in [-0.15, -0.1) is 11.8 Å². The van der Waals surface area contributed by atoms with Gasteiger partial charge < -0.3 is 10.2 Å². The Morgan fingerprint density at radius 1 is 1.30 bits per heavy atom. The Bertz CT molecular complexity index is 532. The van der Waals surface area contributed by atoms with Gasteiger partial charge in [-0.3, -0.25) is 4.90 Å². The molecule has 0 aliphatic carbocycles. The van der Waals surface area contributed by atoms with Gasteiger partial charge in [-0.25, -0.2) is 9.59 Å². The van der Waals surface area contributed by atoms with Crippen molar-refractivity contribution in [3.05, 3.63) is 28.2 Å². The van der Waals surface area contributed by atoms with E-state index in [1.165, 1.54) is 11.8 Å². The summed E-state index contributed by atoms with van der Waals surface area (Å²) in [6.45, 7) is 0.153. The van der Waals surface area contributed by atoms with E-state index in [0.29, 0.717) is 10.0 Å². The third-order valence-corrected chi connectivity index (χ3v) is 5.20. The number of rotatable bonds is 3. The molecule has 1 aliphatic rings. The van der Waals surface area contributed by atoms with Crippen LogP contribution in [0.2, 0.25) is 10.0 Å². The minimum Gasteiger partial charge on any atom is -0.480 e. The van der Waals surface area contributed by atoms with Crippen LogP contribution in [0.15, 0.2) is 23.1 Å². The number of hydrogen-bond acceptors (Lipinski definition) is 3. The van der Waals surface area contributed by atoms with Gasteiger partial charge in [0.15, 0.2) is 0 Å². The largest absolute Gasteiger partial charge is 0.480 e. The molecule has 2 N–H and O–H groups in total. The van der Waals surface area contributed by atoms with Crippen LogP contribution in [0, 0.1) is 0 Å². The molecule has 1 fully saturated rings. The lowest BCUT2D eigenvalue weighted by Crippen LogP contribution is -2.39. The topological polar surface area (TPSA) is 77.8 Å². The van der Waals surface area contributed by atoms with Crippen molar-refractivity contribution in [1.82, 2.24) is 4.90 Å². The molecule has 0 radical (unpaired) electrons. The van der Waals surface area contributed by atoms with Crippen molar-refractivity contribution < 1.29 is 19.8 Å². The maximum Gasteiger partial charge on any atom is 0.408 e. The number of likely N-dealkylation sites (tertiary alicyclic amines) is 1. The van der Waals surface area contributed by atoms with Gasteiger partial charge in [0.05, 0.1) is 10.0 Å². The average Bonchev–Trinajstić information content (AvgIpc) is 2.79. The zero-order valence-electron chi connectivity index (χ0n) is 10.1. The van der Waals surface area contributed by atoms with Gasteiger partial charge in [-0.2, -0.15) is 0 Å². The number of thioether (sulfide) groups is 1. The van der Waals surface area contributed by atoms with E-state index < -0.39 is 18.1 Å². The van der Waals surface area contributed by atoms with Crippen molar-refractivity contribution in [3.63, 3.8) is 0 Å². The summed E-state index contributed by atoms with van der Waals surface area (Å²) < 4.78 is 0. The van der Waals surface area contributed by atoms with Gasteiger partial charge in [0, 0.05) is 16.7 Å². The van der Waals surface area contributed by atoms with E-state index in [1.54, 1.807) is 18.2 Å². The Hall–Kier alpha value is -1.11. The number of carboxylic acid groups (broad SMARTS) is 2. The van der Waals surface area contributed by atoms with E-state index in [-0.39, 0.29) is 18.2 Å². The first-order valence-electron chi connectivity index (χ1n) is 5.73. The minimum absolute atomic E-state index is 0.153. The van der Waals surface area contributed by atoms with Crippen LogP contribution in [0.1, 0.15) is 6.42 Å². The molecule has 108 valence electrons. The van der Waals surface area contributed by atoms with Crippen LogP contribution >= 0.6 is 35.0 Å². The summed E-state index contributed by atoms with van der Waals surface area (Å²) in [5.74, 6) is -1.13. The van der Waals surface area contributed by atoms with Crippen molar-refractivity contribution in [1.29, 1.82) is 0 Å². The minimum atomic E-state index is -1.22. The predicted octanol–water partition coefficient (Wildman–Crippen LogP) is 3.29. The molecular weight excluding hydrogens is 325 g/mol. The highest BCUT2D eigenvalue weighted by Gasteiger charge is 2.40. The van der Waals surface area contributed by atoms with E-state index in [0.717, 1.165) is 9.80 Å². The zero-order chi connectivity index (χ0) is 14.9. The molecule has 1 aromatic carbocycles. The van der Waals surface area contributed by atoms with Crippen molar-refractivity contribution in [2.45, 2.75) is 22.6 Å². The lowest BCUT2D eigenvalue weighted by Gasteiger charge is -2.16. The lowest BCUT2D eigenvalue weighted by atomic mass is 10.2. The van der Waals surface area contributed by atoms with Gasteiger partial charge in [0.25, 0.3) is 0 Å². The molecule has 20 heavy (non-hydrogen) atoms. The third kappa shape index (κ3) is 3.13. The highest BCUT2D eigenvalue weighted by Crippen LogP contribution is 2.39. The molecule has 1 aliphatic heterocycles. The molecule has 1 amide bonds. The molecule has 2 rings (SSSR count). The van der Waals surface area contributed by atoms with Crippen LogP contribution in [0.5, 0.6) is 0 Å². The third-order valence-electron chi connectivity index (χ3n) is 3.00. The van der Waals surface area contributed by atoms with Crippen molar-refractivity contribution in [3.8, 4) is 0 Å². The molecule has 8 heteroatoms. The second-order valence-electron chi connectivity index (χ2n) is 4.32. The quantitative estimate of drug-likeness (QED) is 0.886. The number of amides is 1. The Morgan fingerprint density at radius 3 is 2.55 bits per heavy atom. The van der Waals surface area contributed by atoms with Gasteiger partial charge in [-0.1, -0.05) is 29.3 Å². The SMILES string of the molecule is O=C(O)[C@@H]1C[C@@H](Sc2cccc(Cl)c2Cl)CN1C(=O)O. The van der Waals surface area contributed by atoms with Crippen molar-refractivity contribution in [2.75, 3.05) is 6.54 Å². The van der Waals surface area contributed by atoms with Crippen LogP contribution in [0.25, 0.3) is 0 Å². The summed E-state index contributed by atoms with van der Waals surface area (Å²) in [4.78, 5) is 23.8. The molecule has 2 atom stereocenters. The number of halogens is 2. The predicted molar refractivity (Wildman–Crippen MR) is 76.9 cm³/mol. The second-order valence-corrected chi connectivity index (χ2v) is 6.44. The molecule has 0 bridgehead atoms. The van der Waals surface area contributed by atoms with E-state index in [9.17, 15) is 9.59 Å². The Balaban J connectivity index is 2.14. The van der Waals surface area contributed by atoms with Gasteiger partial charge >= 0.3 is 12.1 Å². The summed E-state index contributed by atoms with van der Waals surface area (Å²) in [5.41, 5.74) is 0. The zero-order valence-corrected chi connectivity index (χ0v) is 12.5. The van der Waals surface area contributed by atoms with E-state index in [1.807, 2.05) is 0 Å². The van der Waals surface area contributed by atoms with Crippen molar-refractivity contribution >= 4 is 47.0 Å². The van der Waals surface area contributed by atoms with E-state index in [2.05, 4.69) is 0 Å². The molecule has 1 heterocycles. The van der Waals surface area contributed by atoms with Gasteiger partial charge in [-0.05, 0) is 18.6 Å². The van der Waals surface area contributed by atoms with Gasteiger partial charge in [0.2, 0.25) is 0 Å². The smallest absolute Gasteiger partial charge is 0.408 e. The fourth-order valence-electron chi connectivity index (χ4n) is 2.08. The van der Waals surface area contributed by atoms with Crippen LogP contribution in [-0.4, -0.2) is 45.0 Å². The molecule has 1 aromatic rings. The maximum absolute atomic E-state index is 11.1. The van der Waals surface area contributed by atoms with Crippen LogP contribution in [0.3, 0.4) is 0 Å². The molecular formula is C12H11Cl2NO4S. The molecule has 0 unspecified atom stereocenters. The number of aliphatic carboxylic acids is 1. The van der Waals surface area contributed by atoms with Crippen LogP contribution in [-0.2, 0) is 4.79 Å². The monoisotopic (exact) mass is 335 g/mol. The van der Waals surface area contributed by atoms with Crippen LogP contribution < -0.4 is 0 Å². The number of hydrogen-bond donors (Lipinski definition) is 2. The molecule has 0 aromatic heterocycles. The second kappa shape index (κ2) is 6.11. The summed E-state index contributed by atoms with van der Waals surface area (Å²) in [6, 6.07) is 4.17. The molecule has 0 saturated carbocycles. The number of benzene rings is 1. The Kier molecular flexibility index (Phi) is 4.67. The number of carboxylic acids is 1. The average molecular weight is 336 g/mol. The molecule has 1 saturated heterocycles. The number of nitrogens with zero attached hydrogens (tertiary/aromatic N) is 1. The highest BCUT2D eigenvalue weighted by molar-refractivity contribution is 8.00. The normalized spacial score (nSPS) is 22.0. The first-order chi connectivity index (χ1) is 9.40. The van der Waals surface area contributed by atoms with Crippen LogP contribution in [0.4, 0.5) is 4.79 Å². The number of carbonyl (C=O) groups is 2. The Morgan fingerprint density at radius 2 is 2.00 bits per heavy atom. The van der Waals surface area contributed by atoms with Crippen molar-refractivity contribution in [2.24, 2.45) is 0 Å². The Labute approximate surface area is 129 Å². The summed E-state index contributed by atoms with van der Waals surface area (Å²) in [6.07, 6.45) is -0.979. The molecule has 5 nitrogen and oxygen atoms in total. The van der Waals surface area contributed by atoms with E-state index >= 15 is 0 Å². The fraction of sp³-hybridized carbons (Fsp3) is 0.333. The lowest BCUT2D eigenvalue weighted by molar-refractivity contribution is -0.141. The molecule has 0 spiro atoms. The summed E-state index contributed by atoms with van der Waals surface area (Å²) in [5, 5.41) is 18.7. The highest BCUT2D eigenvalue weighted by atomic mass is 35.5. The van der Waals surface area contributed by atoms with Gasteiger partial charge in [0.1, 0.15) is 6.04 Å². The standard InChI is InChI=1S/C12H11Cl2NO4S/c13-7-2-1-3-9(10(7)14)20-6-4-8(11(16)17)15(5-6)12(18)19/h1-3,6,8H,4-5H2,(H,16,17)(H,18,19)/t6-,8+/m1/s1.